The van der Waals surface area contributed by atoms with Crippen molar-refractivity contribution in [3.8, 4) is 0 Å². The Kier molecular flexibility index (Phi) is 6.00. The lowest BCUT2D eigenvalue weighted by Gasteiger charge is -2.35. The van der Waals surface area contributed by atoms with Crippen LogP contribution in [0.25, 0.3) is 0 Å². The molecule has 2 amide bonds. The normalized spacial score (nSPS) is 13.7. The number of fused-ring (bicyclic) bond motifs is 1. The van der Waals surface area contributed by atoms with E-state index in [0.29, 0.717) is 36.0 Å². The van der Waals surface area contributed by atoms with Crippen molar-refractivity contribution in [2.45, 2.75) is 38.9 Å². The molecule has 0 atom stereocenters. The number of amides is 2. The van der Waals surface area contributed by atoms with Crippen LogP contribution in [0.4, 0.5) is 0 Å². The van der Waals surface area contributed by atoms with E-state index < -0.39 is 5.54 Å². The first-order valence-corrected chi connectivity index (χ1v) is 11.3. The second-order valence-corrected chi connectivity index (χ2v) is 9.62. The maximum atomic E-state index is 13.1. The average Bonchev–Trinajstić information content (AvgIpc) is 3.42. The van der Waals surface area contributed by atoms with E-state index in [9.17, 15) is 9.59 Å². The summed E-state index contributed by atoms with van der Waals surface area (Å²) in [5.74, 6) is -0.310. The molecule has 31 heavy (non-hydrogen) atoms. The summed E-state index contributed by atoms with van der Waals surface area (Å²) >= 11 is 13.3. The number of hydrogen-bond donors (Lipinski definition) is 1. The topological polar surface area (TPSA) is 93.0 Å². The lowest BCUT2D eigenvalue weighted by Crippen LogP contribution is -2.49. The van der Waals surface area contributed by atoms with Crippen molar-refractivity contribution in [1.82, 2.24) is 30.4 Å². The largest absolute Gasteiger partial charge is 0.348 e. The molecule has 1 aliphatic rings. The summed E-state index contributed by atoms with van der Waals surface area (Å²) in [7, 11) is 0. The third kappa shape index (κ3) is 4.17. The first kappa shape index (κ1) is 21.7. The van der Waals surface area contributed by atoms with Crippen LogP contribution >= 0.6 is 34.5 Å². The molecule has 1 aliphatic heterocycles. The van der Waals surface area contributed by atoms with Gasteiger partial charge in [0.2, 0.25) is 5.91 Å². The monoisotopic (exact) mass is 478 g/mol. The molecule has 2 aromatic heterocycles. The SMILES string of the molecule is CC(C)(C(=O)N1CCc2c(CNC(=O)c3csc(Cl)c3Cl)cccc2C1)n1cnnn1. The van der Waals surface area contributed by atoms with Gasteiger partial charge in [-0.1, -0.05) is 41.4 Å². The Hall–Kier alpha value is -2.49. The van der Waals surface area contributed by atoms with Crippen LogP contribution in [0.1, 0.15) is 40.9 Å². The maximum absolute atomic E-state index is 13.1. The molecule has 0 saturated carbocycles. The molecular formula is C20H20Cl2N6O2S. The molecule has 8 nitrogen and oxygen atoms in total. The molecule has 0 aliphatic carbocycles. The second kappa shape index (κ2) is 8.57. The highest BCUT2D eigenvalue weighted by Crippen LogP contribution is 2.32. The molecule has 11 heteroatoms. The molecule has 0 spiro atoms. The number of benzene rings is 1. The van der Waals surface area contributed by atoms with Gasteiger partial charge in [0.15, 0.2) is 0 Å². The molecule has 0 bridgehead atoms. The Morgan fingerprint density at radius 3 is 2.77 bits per heavy atom. The van der Waals surface area contributed by atoms with Gasteiger partial charge in [0.25, 0.3) is 5.91 Å². The molecule has 1 aromatic carbocycles. The Bertz CT molecular complexity index is 1130. The summed E-state index contributed by atoms with van der Waals surface area (Å²) in [6.45, 7) is 5.04. The smallest absolute Gasteiger partial charge is 0.253 e. The number of thiophene rings is 1. The molecule has 3 aromatic rings. The van der Waals surface area contributed by atoms with Crippen molar-refractivity contribution < 1.29 is 9.59 Å². The van der Waals surface area contributed by atoms with Crippen LogP contribution in [0.3, 0.4) is 0 Å². The van der Waals surface area contributed by atoms with Crippen molar-refractivity contribution in [1.29, 1.82) is 0 Å². The Morgan fingerprint density at radius 1 is 1.29 bits per heavy atom. The first-order valence-electron chi connectivity index (χ1n) is 9.62. The van der Waals surface area contributed by atoms with Gasteiger partial charge < -0.3 is 10.2 Å². The van der Waals surface area contributed by atoms with Gasteiger partial charge in [0, 0.05) is 25.0 Å². The van der Waals surface area contributed by atoms with Gasteiger partial charge in [-0.15, -0.1) is 16.4 Å². The van der Waals surface area contributed by atoms with Crippen molar-refractivity contribution in [2.24, 2.45) is 0 Å². The molecule has 0 radical (unpaired) electrons. The van der Waals surface area contributed by atoms with E-state index in [1.54, 1.807) is 19.2 Å². The van der Waals surface area contributed by atoms with Gasteiger partial charge in [0.1, 0.15) is 16.2 Å². The fourth-order valence-electron chi connectivity index (χ4n) is 3.67. The molecule has 162 valence electrons. The molecule has 0 fully saturated rings. The fourth-order valence-corrected chi connectivity index (χ4v) is 4.91. The molecule has 0 saturated heterocycles. The number of carbonyl (C=O) groups is 2. The molecule has 4 rings (SSSR count). The number of tetrazole rings is 1. The summed E-state index contributed by atoms with van der Waals surface area (Å²) in [6.07, 6.45) is 2.15. The van der Waals surface area contributed by atoms with Crippen LogP contribution in [-0.4, -0.2) is 43.5 Å². The van der Waals surface area contributed by atoms with Crippen LogP contribution in [0, 0.1) is 0 Å². The van der Waals surface area contributed by atoms with Crippen molar-refractivity contribution in [3.05, 3.63) is 61.5 Å². The zero-order valence-electron chi connectivity index (χ0n) is 16.9. The van der Waals surface area contributed by atoms with Crippen molar-refractivity contribution in [2.75, 3.05) is 6.54 Å². The highest BCUT2D eigenvalue weighted by molar-refractivity contribution is 7.15. The Morgan fingerprint density at radius 2 is 2.10 bits per heavy atom. The van der Waals surface area contributed by atoms with Crippen LogP contribution < -0.4 is 5.32 Å². The van der Waals surface area contributed by atoms with E-state index in [4.69, 9.17) is 23.2 Å². The van der Waals surface area contributed by atoms with Gasteiger partial charge in [-0.3, -0.25) is 9.59 Å². The van der Waals surface area contributed by atoms with E-state index in [2.05, 4.69) is 20.8 Å². The number of halogens is 2. The Balaban J connectivity index is 1.47. The van der Waals surface area contributed by atoms with Crippen LogP contribution in [0.5, 0.6) is 0 Å². The second-order valence-electron chi connectivity index (χ2n) is 7.76. The summed E-state index contributed by atoms with van der Waals surface area (Å²) in [5.41, 5.74) is 2.74. The third-order valence-corrected chi connectivity index (χ3v) is 7.29. The maximum Gasteiger partial charge on any atom is 0.253 e. The number of nitrogens with one attached hydrogen (secondary N) is 1. The lowest BCUT2D eigenvalue weighted by atomic mass is 9.93. The van der Waals surface area contributed by atoms with Crippen molar-refractivity contribution in [3.63, 3.8) is 0 Å². The van der Waals surface area contributed by atoms with Gasteiger partial charge in [-0.2, -0.15) is 0 Å². The van der Waals surface area contributed by atoms with Crippen LogP contribution in [-0.2, 0) is 29.8 Å². The van der Waals surface area contributed by atoms with E-state index in [1.165, 1.54) is 22.3 Å². The number of nitrogens with zero attached hydrogens (tertiary/aromatic N) is 5. The Labute approximate surface area is 193 Å². The van der Waals surface area contributed by atoms with Crippen LogP contribution in [0.15, 0.2) is 29.9 Å². The summed E-state index contributed by atoms with van der Waals surface area (Å²) in [6, 6.07) is 5.94. The highest BCUT2D eigenvalue weighted by Gasteiger charge is 2.36. The zero-order chi connectivity index (χ0) is 22.2. The quantitative estimate of drug-likeness (QED) is 0.606. The minimum atomic E-state index is -0.881. The van der Waals surface area contributed by atoms with Gasteiger partial charge in [-0.05, 0) is 47.4 Å². The number of carbonyl (C=O) groups excluding carboxylic acids is 2. The predicted octanol–water partition coefficient (Wildman–Crippen LogP) is 3.29. The van der Waals surface area contributed by atoms with Gasteiger partial charge in [0.05, 0.1) is 10.6 Å². The van der Waals surface area contributed by atoms with Crippen molar-refractivity contribution >= 4 is 46.4 Å². The van der Waals surface area contributed by atoms with E-state index in [0.717, 1.165) is 16.7 Å². The highest BCUT2D eigenvalue weighted by atomic mass is 35.5. The average molecular weight is 479 g/mol. The minimum Gasteiger partial charge on any atom is -0.348 e. The molecule has 0 unspecified atom stereocenters. The minimum absolute atomic E-state index is 0.0480. The van der Waals surface area contributed by atoms with Crippen LogP contribution in [0.2, 0.25) is 9.36 Å². The van der Waals surface area contributed by atoms with E-state index in [1.807, 2.05) is 23.1 Å². The number of hydrogen-bond acceptors (Lipinski definition) is 6. The van der Waals surface area contributed by atoms with E-state index >= 15 is 0 Å². The van der Waals surface area contributed by atoms with E-state index in [-0.39, 0.29) is 16.8 Å². The molecule has 3 heterocycles. The summed E-state index contributed by atoms with van der Waals surface area (Å²) in [4.78, 5) is 27.4. The number of rotatable bonds is 5. The summed E-state index contributed by atoms with van der Waals surface area (Å²) in [5, 5.41) is 16.0. The molecule has 1 N–H and O–H groups in total. The predicted molar refractivity (Wildman–Crippen MR) is 118 cm³/mol. The van der Waals surface area contributed by atoms with Gasteiger partial charge >= 0.3 is 0 Å². The first-order chi connectivity index (χ1) is 14.8. The zero-order valence-corrected chi connectivity index (χ0v) is 19.3. The lowest BCUT2D eigenvalue weighted by molar-refractivity contribution is -0.140. The standard InChI is InChI=1S/C20H20Cl2N6O2S/c1-20(2,28-11-24-25-26-28)19(30)27-7-6-14-12(4-3-5-13(14)9-27)8-23-18(29)15-10-31-17(22)16(15)21/h3-5,10-11H,6-9H2,1-2H3,(H,23,29). The molecular weight excluding hydrogens is 459 g/mol. The summed E-state index contributed by atoms with van der Waals surface area (Å²) < 4.78 is 1.87. The van der Waals surface area contributed by atoms with Gasteiger partial charge in [-0.25, -0.2) is 4.68 Å². The fraction of sp³-hybridized carbons (Fsp3) is 0.350. The third-order valence-electron chi connectivity index (χ3n) is 5.47. The number of aromatic nitrogens is 4.